The number of carbonyl (C=O) groups excluding carboxylic acids is 1. The van der Waals surface area contributed by atoms with Crippen molar-refractivity contribution in [2.45, 2.75) is 24.8 Å². The van der Waals surface area contributed by atoms with E-state index in [0.29, 0.717) is 19.5 Å². The van der Waals surface area contributed by atoms with E-state index in [1.165, 1.54) is 14.1 Å². The first-order chi connectivity index (χ1) is 13.4. The number of nitrogens with zero attached hydrogens (tertiary/aromatic N) is 3. The molecule has 2 atom stereocenters. The fourth-order valence-electron chi connectivity index (χ4n) is 3.48. The highest BCUT2D eigenvalue weighted by Crippen LogP contribution is 2.29. The van der Waals surface area contributed by atoms with E-state index in [2.05, 4.69) is 9.71 Å². The van der Waals surface area contributed by atoms with Gasteiger partial charge in [-0.1, -0.05) is 36.4 Å². The number of hydrogen-bond acceptors (Lipinski definition) is 4. The molecule has 0 saturated carbocycles. The fourth-order valence-corrected chi connectivity index (χ4v) is 4.32. The fraction of sp³-hybridized carbons (Fsp3) is 0.400. The third-order valence-corrected chi connectivity index (χ3v) is 6.61. The Bertz CT molecular complexity index is 888. The van der Waals surface area contributed by atoms with E-state index in [-0.39, 0.29) is 24.3 Å². The molecule has 2 heterocycles. The molecule has 1 aromatic carbocycles. The minimum absolute atomic E-state index is 0.0124. The molecule has 28 heavy (non-hydrogen) atoms. The van der Waals surface area contributed by atoms with Gasteiger partial charge in [-0.25, -0.2) is 0 Å². The number of pyridine rings is 1. The van der Waals surface area contributed by atoms with Gasteiger partial charge in [0, 0.05) is 51.5 Å². The van der Waals surface area contributed by atoms with Crippen LogP contribution in [-0.4, -0.2) is 61.7 Å². The lowest BCUT2D eigenvalue weighted by molar-refractivity contribution is -0.131. The lowest BCUT2D eigenvalue weighted by Crippen LogP contribution is -2.55. The molecular formula is C20H26N4O3S. The SMILES string of the molecule is CN(C)S(=O)(=O)N[C@@H]1CN(C(=O)Cc2cccnc2)CC[C@H]1c1ccccc1. The number of hydrogen-bond donors (Lipinski definition) is 1. The molecule has 3 rings (SSSR count). The van der Waals surface area contributed by atoms with Gasteiger partial charge in [0.2, 0.25) is 5.91 Å². The predicted molar refractivity (Wildman–Crippen MR) is 108 cm³/mol. The summed E-state index contributed by atoms with van der Waals surface area (Å²) in [6.45, 7) is 0.935. The van der Waals surface area contributed by atoms with Gasteiger partial charge in [0.05, 0.1) is 6.42 Å². The molecular weight excluding hydrogens is 376 g/mol. The quantitative estimate of drug-likeness (QED) is 0.792. The molecule has 1 amide bonds. The van der Waals surface area contributed by atoms with Crippen LogP contribution in [0.1, 0.15) is 23.5 Å². The molecule has 150 valence electrons. The summed E-state index contributed by atoms with van der Waals surface area (Å²) in [5.41, 5.74) is 1.93. The molecule has 7 nitrogen and oxygen atoms in total. The average Bonchev–Trinajstić information content (AvgIpc) is 2.69. The molecule has 8 heteroatoms. The summed E-state index contributed by atoms with van der Waals surface area (Å²) in [5.74, 6) is -0.00747. The van der Waals surface area contributed by atoms with Crippen LogP contribution in [0.15, 0.2) is 54.9 Å². The van der Waals surface area contributed by atoms with Gasteiger partial charge in [0.25, 0.3) is 10.2 Å². The molecule has 0 unspecified atom stereocenters. The topological polar surface area (TPSA) is 82.6 Å². The van der Waals surface area contributed by atoms with E-state index in [0.717, 1.165) is 15.4 Å². The number of likely N-dealkylation sites (tertiary alicyclic amines) is 1. The molecule has 1 N–H and O–H groups in total. The number of aromatic nitrogens is 1. The molecule has 0 bridgehead atoms. The number of benzene rings is 1. The van der Waals surface area contributed by atoms with Gasteiger partial charge in [0.1, 0.15) is 0 Å². The highest BCUT2D eigenvalue weighted by Gasteiger charge is 2.35. The Morgan fingerprint density at radius 1 is 1.21 bits per heavy atom. The van der Waals surface area contributed by atoms with E-state index < -0.39 is 10.2 Å². The second-order valence-corrected chi connectivity index (χ2v) is 9.11. The lowest BCUT2D eigenvalue weighted by atomic mass is 9.85. The van der Waals surface area contributed by atoms with Crippen LogP contribution in [0.2, 0.25) is 0 Å². The Labute approximate surface area is 166 Å². The van der Waals surface area contributed by atoms with Crippen molar-refractivity contribution in [3.05, 3.63) is 66.0 Å². The monoisotopic (exact) mass is 402 g/mol. The molecule has 1 aliphatic heterocycles. The molecule has 1 fully saturated rings. The van der Waals surface area contributed by atoms with Crippen molar-refractivity contribution in [3.63, 3.8) is 0 Å². The maximum atomic E-state index is 12.8. The Balaban J connectivity index is 1.78. The van der Waals surface area contributed by atoms with Gasteiger partial charge in [-0.15, -0.1) is 0 Å². The van der Waals surface area contributed by atoms with E-state index in [4.69, 9.17) is 0 Å². The van der Waals surface area contributed by atoms with Crippen molar-refractivity contribution in [2.24, 2.45) is 0 Å². The van der Waals surface area contributed by atoms with E-state index in [1.54, 1.807) is 23.4 Å². The molecule has 0 radical (unpaired) electrons. The number of amides is 1. The normalized spacial score (nSPS) is 20.3. The molecule has 0 aliphatic carbocycles. The van der Waals surface area contributed by atoms with Gasteiger partial charge in [0.15, 0.2) is 0 Å². The maximum absolute atomic E-state index is 12.8. The van der Waals surface area contributed by atoms with Gasteiger partial charge in [-0.05, 0) is 23.6 Å². The van der Waals surface area contributed by atoms with Crippen molar-refractivity contribution in [1.29, 1.82) is 0 Å². The van der Waals surface area contributed by atoms with Crippen LogP contribution in [0.4, 0.5) is 0 Å². The zero-order chi connectivity index (χ0) is 20.1. The second kappa shape index (κ2) is 8.81. The summed E-state index contributed by atoms with van der Waals surface area (Å²) in [6, 6.07) is 13.1. The molecule has 1 aromatic heterocycles. The highest BCUT2D eigenvalue weighted by molar-refractivity contribution is 7.87. The lowest BCUT2D eigenvalue weighted by Gasteiger charge is -2.39. The molecule has 1 saturated heterocycles. The van der Waals surface area contributed by atoms with Gasteiger partial charge in [-0.2, -0.15) is 17.4 Å². The largest absolute Gasteiger partial charge is 0.341 e. The first-order valence-corrected chi connectivity index (χ1v) is 10.7. The average molecular weight is 403 g/mol. The Morgan fingerprint density at radius 3 is 2.61 bits per heavy atom. The third kappa shape index (κ3) is 4.95. The third-order valence-electron chi connectivity index (χ3n) is 5.05. The number of carbonyl (C=O) groups is 1. The van der Waals surface area contributed by atoms with E-state index in [1.807, 2.05) is 36.4 Å². The Hall–Kier alpha value is -2.29. The standard InChI is InChI=1S/C20H26N4O3S/c1-23(2)28(26,27)22-19-15-24(20(25)13-16-7-6-11-21-14-16)12-10-18(19)17-8-4-3-5-9-17/h3-9,11,14,18-19,22H,10,12-13,15H2,1-2H3/t18-,19+/m0/s1. The minimum atomic E-state index is -3.61. The van der Waals surface area contributed by atoms with Crippen molar-refractivity contribution < 1.29 is 13.2 Å². The van der Waals surface area contributed by atoms with Crippen molar-refractivity contribution in [2.75, 3.05) is 27.2 Å². The molecule has 2 aromatic rings. The zero-order valence-electron chi connectivity index (χ0n) is 16.2. The first-order valence-electron chi connectivity index (χ1n) is 9.28. The van der Waals surface area contributed by atoms with Crippen molar-refractivity contribution >= 4 is 16.1 Å². The number of nitrogens with one attached hydrogen (secondary N) is 1. The zero-order valence-corrected chi connectivity index (χ0v) is 17.0. The smallest absolute Gasteiger partial charge is 0.279 e. The summed E-state index contributed by atoms with van der Waals surface area (Å²) < 4.78 is 28.8. The van der Waals surface area contributed by atoms with Crippen LogP contribution in [0.3, 0.4) is 0 Å². The highest BCUT2D eigenvalue weighted by atomic mass is 32.2. The summed E-state index contributed by atoms with van der Waals surface area (Å²) in [7, 11) is -0.623. The van der Waals surface area contributed by atoms with Crippen molar-refractivity contribution in [1.82, 2.24) is 18.9 Å². The van der Waals surface area contributed by atoms with E-state index >= 15 is 0 Å². The first kappa shape index (κ1) is 20.4. The van der Waals surface area contributed by atoms with Crippen LogP contribution in [0, 0.1) is 0 Å². The van der Waals surface area contributed by atoms with Gasteiger partial charge in [-0.3, -0.25) is 9.78 Å². The number of piperidine rings is 1. The van der Waals surface area contributed by atoms with Gasteiger partial charge < -0.3 is 4.90 Å². The van der Waals surface area contributed by atoms with Crippen LogP contribution in [-0.2, 0) is 21.4 Å². The summed E-state index contributed by atoms with van der Waals surface area (Å²) >= 11 is 0. The van der Waals surface area contributed by atoms with Crippen LogP contribution in [0.5, 0.6) is 0 Å². The summed E-state index contributed by atoms with van der Waals surface area (Å²) in [4.78, 5) is 18.6. The summed E-state index contributed by atoms with van der Waals surface area (Å²) in [5, 5.41) is 0. The maximum Gasteiger partial charge on any atom is 0.279 e. The second-order valence-electron chi connectivity index (χ2n) is 7.20. The predicted octanol–water partition coefficient (Wildman–Crippen LogP) is 1.40. The Morgan fingerprint density at radius 2 is 1.96 bits per heavy atom. The summed E-state index contributed by atoms with van der Waals surface area (Å²) in [6.07, 6.45) is 4.31. The van der Waals surface area contributed by atoms with Crippen LogP contribution >= 0.6 is 0 Å². The van der Waals surface area contributed by atoms with E-state index in [9.17, 15) is 13.2 Å². The van der Waals surface area contributed by atoms with Crippen molar-refractivity contribution in [3.8, 4) is 0 Å². The Kier molecular flexibility index (Phi) is 6.43. The van der Waals surface area contributed by atoms with Crippen LogP contribution in [0.25, 0.3) is 0 Å². The minimum Gasteiger partial charge on any atom is -0.341 e. The molecule has 0 spiro atoms. The van der Waals surface area contributed by atoms with Gasteiger partial charge >= 0.3 is 0 Å². The number of rotatable bonds is 6. The molecule has 1 aliphatic rings. The van der Waals surface area contributed by atoms with Crippen LogP contribution < -0.4 is 4.72 Å².